The minimum atomic E-state index is 0.630. The Balaban J connectivity index is 1.93. The van der Waals surface area contributed by atoms with Gasteiger partial charge in [-0.2, -0.15) is 0 Å². The lowest BCUT2D eigenvalue weighted by molar-refractivity contribution is 0.925. The van der Waals surface area contributed by atoms with Crippen LogP contribution in [0.25, 0.3) is 0 Å². The molecule has 2 rings (SSSR count). The van der Waals surface area contributed by atoms with E-state index in [0.717, 1.165) is 18.7 Å². The number of benzene rings is 2. The summed E-state index contributed by atoms with van der Waals surface area (Å²) in [6.45, 7) is 4.49. The first-order chi connectivity index (χ1) is 9.79. The zero-order valence-electron chi connectivity index (χ0n) is 11.3. The minimum absolute atomic E-state index is 0.630. The maximum atomic E-state index is 5.33. The van der Waals surface area contributed by atoms with Crippen LogP contribution in [0.4, 0.5) is 5.69 Å². The summed E-state index contributed by atoms with van der Waals surface area (Å²) in [5.74, 6) is 0. The van der Waals surface area contributed by atoms with Crippen LogP contribution in [-0.2, 0) is 13.0 Å². The van der Waals surface area contributed by atoms with Gasteiger partial charge >= 0.3 is 0 Å². The molecule has 2 aromatic rings. The lowest BCUT2D eigenvalue weighted by Gasteiger charge is -2.13. The number of thiocarbonyl (C=S) groups is 1. The molecule has 102 valence electrons. The Morgan fingerprint density at radius 3 is 2.50 bits per heavy atom. The molecule has 0 spiro atoms. The molecule has 0 saturated heterocycles. The van der Waals surface area contributed by atoms with E-state index < -0.39 is 0 Å². The van der Waals surface area contributed by atoms with Gasteiger partial charge < -0.3 is 10.6 Å². The van der Waals surface area contributed by atoms with Gasteiger partial charge in [0, 0.05) is 12.2 Å². The van der Waals surface area contributed by atoms with Crippen molar-refractivity contribution in [1.29, 1.82) is 0 Å². The van der Waals surface area contributed by atoms with Crippen molar-refractivity contribution < 1.29 is 0 Å². The van der Waals surface area contributed by atoms with Crippen molar-refractivity contribution in [3.05, 3.63) is 78.4 Å². The molecule has 0 heterocycles. The monoisotopic (exact) mass is 282 g/mol. The van der Waals surface area contributed by atoms with Crippen LogP contribution >= 0.6 is 12.2 Å². The van der Waals surface area contributed by atoms with Gasteiger partial charge in [0.25, 0.3) is 0 Å². The molecular weight excluding hydrogens is 264 g/mol. The molecule has 0 aromatic heterocycles. The van der Waals surface area contributed by atoms with Crippen LogP contribution in [0.5, 0.6) is 0 Å². The molecule has 0 saturated carbocycles. The highest BCUT2D eigenvalue weighted by molar-refractivity contribution is 7.80. The summed E-state index contributed by atoms with van der Waals surface area (Å²) in [4.78, 5) is 0. The standard InChI is InChI=1S/C17H18N2S/c1-2-8-15-11-6-7-12-16(15)19-17(20)18-13-14-9-4-3-5-10-14/h2-7,9-12H,1,8,13H2,(H2,18,19,20). The number of para-hydroxylation sites is 1. The highest BCUT2D eigenvalue weighted by Crippen LogP contribution is 2.15. The van der Waals surface area contributed by atoms with Crippen molar-refractivity contribution in [2.75, 3.05) is 5.32 Å². The first-order valence-electron chi connectivity index (χ1n) is 6.57. The van der Waals surface area contributed by atoms with Gasteiger partial charge in [0.15, 0.2) is 5.11 Å². The molecule has 0 atom stereocenters. The first-order valence-corrected chi connectivity index (χ1v) is 6.98. The maximum absolute atomic E-state index is 5.33. The summed E-state index contributed by atoms with van der Waals surface area (Å²) in [7, 11) is 0. The summed E-state index contributed by atoms with van der Waals surface area (Å²) in [6.07, 6.45) is 2.71. The van der Waals surface area contributed by atoms with Crippen molar-refractivity contribution in [3.63, 3.8) is 0 Å². The SMILES string of the molecule is C=CCc1ccccc1NC(=S)NCc1ccccc1. The van der Waals surface area contributed by atoms with Gasteiger partial charge in [0.1, 0.15) is 0 Å². The predicted molar refractivity (Wildman–Crippen MR) is 89.8 cm³/mol. The van der Waals surface area contributed by atoms with Crippen LogP contribution in [0, 0.1) is 0 Å². The number of rotatable bonds is 5. The van der Waals surface area contributed by atoms with Crippen molar-refractivity contribution in [2.24, 2.45) is 0 Å². The van der Waals surface area contributed by atoms with Crippen LogP contribution in [0.3, 0.4) is 0 Å². The quantitative estimate of drug-likeness (QED) is 0.642. The second-order valence-electron chi connectivity index (χ2n) is 4.44. The van der Waals surface area contributed by atoms with Gasteiger partial charge in [-0.25, -0.2) is 0 Å². The maximum Gasteiger partial charge on any atom is 0.171 e. The third kappa shape index (κ3) is 4.21. The van der Waals surface area contributed by atoms with E-state index in [1.54, 1.807) is 0 Å². The lowest BCUT2D eigenvalue weighted by Crippen LogP contribution is -2.28. The fraction of sp³-hybridized carbons (Fsp3) is 0.118. The van der Waals surface area contributed by atoms with Crippen molar-refractivity contribution >= 4 is 23.0 Å². The Labute approximate surface area is 125 Å². The zero-order chi connectivity index (χ0) is 14.2. The number of allylic oxidation sites excluding steroid dienone is 1. The first kappa shape index (κ1) is 14.3. The Bertz CT molecular complexity index is 579. The average Bonchev–Trinajstić information content (AvgIpc) is 2.49. The van der Waals surface area contributed by atoms with E-state index in [1.165, 1.54) is 11.1 Å². The second-order valence-corrected chi connectivity index (χ2v) is 4.85. The van der Waals surface area contributed by atoms with E-state index in [1.807, 2.05) is 42.5 Å². The Morgan fingerprint density at radius 2 is 1.75 bits per heavy atom. The molecule has 20 heavy (non-hydrogen) atoms. The summed E-state index contributed by atoms with van der Waals surface area (Å²) in [6, 6.07) is 18.3. The summed E-state index contributed by atoms with van der Waals surface area (Å²) in [5, 5.41) is 7.08. The summed E-state index contributed by atoms with van der Waals surface area (Å²) >= 11 is 5.33. The topological polar surface area (TPSA) is 24.1 Å². The molecule has 0 fully saturated rings. The summed E-state index contributed by atoms with van der Waals surface area (Å²) < 4.78 is 0. The fourth-order valence-electron chi connectivity index (χ4n) is 1.92. The molecule has 2 aromatic carbocycles. The Hall–Kier alpha value is -2.13. The van der Waals surface area contributed by atoms with Crippen LogP contribution in [0.15, 0.2) is 67.3 Å². The fourth-order valence-corrected chi connectivity index (χ4v) is 2.10. The van der Waals surface area contributed by atoms with Crippen LogP contribution in [0.1, 0.15) is 11.1 Å². The van der Waals surface area contributed by atoms with Gasteiger partial charge in [-0.15, -0.1) is 6.58 Å². The smallest absolute Gasteiger partial charge is 0.171 e. The molecule has 0 aliphatic rings. The second kappa shape index (κ2) is 7.46. The molecule has 0 amide bonds. The van der Waals surface area contributed by atoms with Crippen molar-refractivity contribution in [2.45, 2.75) is 13.0 Å². The average molecular weight is 282 g/mol. The van der Waals surface area contributed by atoms with Gasteiger partial charge in [-0.3, -0.25) is 0 Å². The lowest BCUT2D eigenvalue weighted by atomic mass is 10.1. The van der Waals surface area contributed by atoms with E-state index in [4.69, 9.17) is 12.2 Å². The molecule has 0 unspecified atom stereocenters. The molecule has 3 heteroatoms. The van der Waals surface area contributed by atoms with Gasteiger partial charge in [-0.1, -0.05) is 54.6 Å². The van der Waals surface area contributed by atoms with E-state index in [-0.39, 0.29) is 0 Å². The Kier molecular flexibility index (Phi) is 5.33. The van der Waals surface area contributed by atoms with E-state index >= 15 is 0 Å². The number of nitrogens with one attached hydrogen (secondary N) is 2. The third-order valence-electron chi connectivity index (χ3n) is 2.93. The predicted octanol–water partition coefficient (Wildman–Crippen LogP) is 3.90. The van der Waals surface area contributed by atoms with E-state index in [0.29, 0.717) is 5.11 Å². The minimum Gasteiger partial charge on any atom is -0.358 e. The highest BCUT2D eigenvalue weighted by atomic mass is 32.1. The zero-order valence-corrected chi connectivity index (χ0v) is 12.1. The largest absolute Gasteiger partial charge is 0.358 e. The Morgan fingerprint density at radius 1 is 1.05 bits per heavy atom. The number of anilines is 1. The van der Waals surface area contributed by atoms with E-state index in [2.05, 4.69) is 35.4 Å². The molecule has 0 bridgehead atoms. The normalized spacial score (nSPS) is 9.80. The van der Waals surface area contributed by atoms with Gasteiger partial charge in [-0.05, 0) is 35.8 Å². The van der Waals surface area contributed by atoms with Gasteiger partial charge in [0.2, 0.25) is 0 Å². The van der Waals surface area contributed by atoms with Crippen LogP contribution in [0.2, 0.25) is 0 Å². The van der Waals surface area contributed by atoms with Crippen LogP contribution in [-0.4, -0.2) is 5.11 Å². The number of hydrogen-bond acceptors (Lipinski definition) is 1. The molecular formula is C17H18N2S. The third-order valence-corrected chi connectivity index (χ3v) is 3.17. The number of hydrogen-bond donors (Lipinski definition) is 2. The van der Waals surface area contributed by atoms with Gasteiger partial charge in [0.05, 0.1) is 0 Å². The molecule has 0 radical (unpaired) electrons. The van der Waals surface area contributed by atoms with Crippen LogP contribution < -0.4 is 10.6 Å². The molecule has 2 N–H and O–H groups in total. The molecule has 2 nitrogen and oxygen atoms in total. The highest BCUT2D eigenvalue weighted by Gasteiger charge is 2.02. The molecule has 0 aliphatic carbocycles. The van der Waals surface area contributed by atoms with Crippen molar-refractivity contribution in [3.8, 4) is 0 Å². The van der Waals surface area contributed by atoms with Crippen molar-refractivity contribution in [1.82, 2.24) is 5.32 Å². The molecule has 0 aliphatic heterocycles. The summed E-state index contributed by atoms with van der Waals surface area (Å²) in [5.41, 5.74) is 3.42. The van der Waals surface area contributed by atoms with E-state index in [9.17, 15) is 0 Å².